The second-order valence-corrected chi connectivity index (χ2v) is 10.9. The molecule has 0 amide bonds. The largest absolute Gasteiger partial charge is 0.583 e. The molecule has 9 heteroatoms. The number of hydrogen-bond acceptors (Lipinski definition) is 4. The van der Waals surface area contributed by atoms with Crippen molar-refractivity contribution in [3.05, 3.63) is 79.6 Å². The molecular weight excluding hydrogens is 398 g/mol. The van der Waals surface area contributed by atoms with E-state index in [9.17, 15) is 5.02 Å². The molecule has 0 aliphatic rings. The molecular formula is C23H32B2N6O-2. The molecule has 0 aliphatic heterocycles. The summed E-state index contributed by atoms with van der Waals surface area (Å²) in [7, 11) is 0. The van der Waals surface area contributed by atoms with Crippen molar-refractivity contribution in [2.45, 2.75) is 52.2 Å². The van der Waals surface area contributed by atoms with Crippen molar-refractivity contribution in [1.82, 2.24) is 29.1 Å². The van der Waals surface area contributed by atoms with E-state index in [0.717, 1.165) is 10.9 Å². The van der Waals surface area contributed by atoms with Crippen LogP contribution in [0.25, 0.3) is 0 Å². The van der Waals surface area contributed by atoms with Gasteiger partial charge in [-0.15, -0.1) is 16.7 Å². The zero-order valence-corrected chi connectivity index (χ0v) is 19.8. The summed E-state index contributed by atoms with van der Waals surface area (Å²) < 4.78 is 5.74. The Hall–Kier alpha value is -3.06. The van der Waals surface area contributed by atoms with Gasteiger partial charge < -0.3 is 18.8 Å². The molecule has 7 nitrogen and oxygen atoms in total. The average Bonchev–Trinajstić information content (AvgIpc) is 3.49. The van der Waals surface area contributed by atoms with Crippen LogP contribution in [0.1, 0.15) is 41.5 Å². The van der Waals surface area contributed by atoms with Gasteiger partial charge in [0.1, 0.15) is 0 Å². The van der Waals surface area contributed by atoms with Gasteiger partial charge in [0.05, 0.1) is 0 Å². The molecule has 1 aromatic carbocycles. The third-order valence-electron chi connectivity index (χ3n) is 6.98. The Morgan fingerprint density at radius 1 is 0.656 bits per heavy atom. The fraction of sp³-hybridized carbons (Fsp3) is 0.348. The molecule has 0 spiro atoms. The molecule has 0 radical (unpaired) electrons. The Morgan fingerprint density at radius 3 is 1.53 bits per heavy atom. The minimum Gasteiger partial charge on any atom is -0.583 e. The highest BCUT2D eigenvalue weighted by molar-refractivity contribution is 6.92. The molecule has 0 fully saturated rings. The minimum atomic E-state index is -2.20. The molecule has 1 N–H and O–H groups in total. The van der Waals surface area contributed by atoms with Crippen LogP contribution in [0.2, 0.25) is 10.6 Å². The fourth-order valence-electron chi connectivity index (χ4n) is 5.33. The molecule has 4 aromatic rings. The van der Waals surface area contributed by atoms with Gasteiger partial charge in [0.25, 0.3) is 12.9 Å². The zero-order valence-electron chi connectivity index (χ0n) is 19.8. The molecule has 32 heavy (non-hydrogen) atoms. The van der Waals surface area contributed by atoms with E-state index < -0.39 is 18.2 Å². The first-order valence-corrected chi connectivity index (χ1v) is 11.2. The van der Waals surface area contributed by atoms with E-state index in [1.54, 1.807) is 23.2 Å². The Balaban J connectivity index is 2.04. The van der Waals surface area contributed by atoms with Gasteiger partial charge in [-0.05, 0) is 36.8 Å². The summed E-state index contributed by atoms with van der Waals surface area (Å²) in [4.78, 5) is 0. The van der Waals surface area contributed by atoms with Crippen molar-refractivity contribution in [2.24, 2.45) is 0 Å². The summed E-state index contributed by atoms with van der Waals surface area (Å²) in [5.74, 6) is 0. The van der Waals surface area contributed by atoms with Crippen molar-refractivity contribution in [3.8, 4) is 0 Å². The van der Waals surface area contributed by atoms with Crippen molar-refractivity contribution in [1.29, 1.82) is 0 Å². The van der Waals surface area contributed by atoms with E-state index in [1.807, 2.05) is 78.9 Å². The average molecular weight is 430 g/mol. The number of hydrogen-bond donors (Lipinski definition) is 1. The predicted octanol–water partition coefficient (Wildman–Crippen LogP) is 2.81. The Kier molecular flexibility index (Phi) is 5.20. The van der Waals surface area contributed by atoms with E-state index in [-0.39, 0.29) is 5.31 Å². The number of aromatic nitrogens is 6. The molecule has 4 rings (SSSR count). The standard InChI is InChI=1S/C23H32B2N6O/c1-22(2,3)24(29-16-8-13-26-29,30-17-9-14-27-30)20-11-7-12-21(19-20)25(32,23(4,5)6)31-18-10-15-28-31/h7-19,32H,1-6H3/q-2/t25-/m1/s1. The first-order valence-electron chi connectivity index (χ1n) is 11.2. The second-order valence-electron chi connectivity index (χ2n) is 10.9. The molecule has 3 heterocycles. The van der Waals surface area contributed by atoms with Crippen LogP contribution in [0.4, 0.5) is 0 Å². The molecule has 1 atom stereocenters. The third kappa shape index (κ3) is 3.14. The third-order valence-corrected chi connectivity index (χ3v) is 6.98. The van der Waals surface area contributed by atoms with Crippen LogP contribution in [0.3, 0.4) is 0 Å². The maximum atomic E-state index is 12.2. The van der Waals surface area contributed by atoms with Crippen molar-refractivity contribution < 1.29 is 5.02 Å². The molecule has 0 saturated carbocycles. The molecule has 0 unspecified atom stereocenters. The second kappa shape index (κ2) is 7.52. The number of rotatable bonds is 5. The summed E-state index contributed by atoms with van der Waals surface area (Å²) in [5.41, 5.74) is 1.87. The first-order chi connectivity index (χ1) is 15.0. The lowest BCUT2D eigenvalue weighted by molar-refractivity contribution is 0.458. The van der Waals surface area contributed by atoms with Crippen molar-refractivity contribution in [2.75, 3.05) is 0 Å². The highest BCUT2D eigenvalue weighted by atomic mass is 16.2. The molecule has 0 bridgehead atoms. The van der Waals surface area contributed by atoms with Crippen LogP contribution >= 0.6 is 0 Å². The quantitative estimate of drug-likeness (QED) is 0.495. The maximum Gasteiger partial charge on any atom is 0.262 e. The van der Waals surface area contributed by atoms with E-state index >= 15 is 0 Å². The zero-order chi connectivity index (χ0) is 23.2. The molecule has 0 saturated heterocycles. The molecule has 3 aromatic heterocycles. The van der Waals surface area contributed by atoms with Gasteiger partial charge in [-0.3, -0.25) is 0 Å². The topological polar surface area (TPSA) is 73.7 Å². The lowest BCUT2D eigenvalue weighted by Gasteiger charge is -2.53. The lowest BCUT2D eigenvalue weighted by atomic mass is 9.27. The van der Waals surface area contributed by atoms with Crippen LogP contribution < -0.4 is 10.9 Å². The van der Waals surface area contributed by atoms with Crippen LogP contribution in [0.15, 0.2) is 79.6 Å². The molecule has 0 aliphatic carbocycles. The van der Waals surface area contributed by atoms with Gasteiger partial charge in [0, 0.05) is 18.6 Å². The predicted molar refractivity (Wildman–Crippen MR) is 132 cm³/mol. The smallest absolute Gasteiger partial charge is 0.262 e. The Labute approximate surface area is 190 Å². The molecule has 168 valence electrons. The Morgan fingerprint density at radius 2 is 1.12 bits per heavy atom. The maximum absolute atomic E-state index is 12.2. The highest BCUT2D eigenvalue weighted by Crippen LogP contribution is 2.38. The lowest BCUT2D eigenvalue weighted by Crippen LogP contribution is -2.69. The van der Waals surface area contributed by atoms with Crippen LogP contribution in [-0.4, -0.2) is 47.0 Å². The highest BCUT2D eigenvalue weighted by Gasteiger charge is 2.45. The fourth-order valence-corrected chi connectivity index (χ4v) is 5.33. The van der Waals surface area contributed by atoms with Crippen LogP contribution in [0.5, 0.6) is 0 Å². The Bertz CT molecular complexity index is 1120. The SMILES string of the molecule is CC(C)(C)[B-](c1cccc([B@-](O)(n2cccn2)C(C)(C)C)c1)(n1cccn1)n1cccn1. The van der Waals surface area contributed by atoms with Crippen molar-refractivity contribution >= 4 is 23.8 Å². The summed E-state index contributed by atoms with van der Waals surface area (Å²) in [6.07, 6.45) is 9.46. The van der Waals surface area contributed by atoms with Gasteiger partial charge in [0.2, 0.25) is 0 Å². The van der Waals surface area contributed by atoms with E-state index in [2.05, 4.69) is 48.2 Å². The monoisotopic (exact) mass is 430 g/mol. The van der Waals surface area contributed by atoms with Gasteiger partial charge in [-0.2, -0.15) is 10.9 Å². The van der Waals surface area contributed by atoms with Gasteiger partial charge >= 0.3 is 0 Å². The summed E-state index contributed by atoms with van der Waals surface area (Å²) >= 11 is 0. The first kappa shape index (κ1) is 22.1. The van der Waals surface area contributed by atoms with Crippen LogP contribution in [-0.2, 0) is 0 Å². The normalized spacial score (nSPS) is 15.0. The summed E-state index contributed by atoms with van der Waals surface area (Å²) in [6, 6.07) is 14.0. The van der Waals surface area contributed by atoms with Crippen LogP contribution in [0, 0.1) is 0 Å². The summed E-state index contributed by atoms with van der Waals surface area (Å²) in [6.45, 7) is 10.6. The number of nitrogens with zero attached hydrogens (tertiary/aromatic N) is 6. The minimum absolute atomic E-state index is 0.255. The van der Waals surface area contributed by atoms with Gasteiger partial charge in [-0.1, -0.05) is 59.7 Å². The van der Waals surface area contributed by atoms with Crippen molar-refractivity contribution in [3.63, 3.8) is 0 Å². The van der Waals surface area contributed by atoms with E-state index in [4.69, 9.17) is 0 Å². The van der Waals surface area contributed by atoms with Gasteiger partial charge in [0.15, 0.2) is 0 Å². The number of benzene rings is 1. The van der Waals surface area contributed by atoms with E-state index in [0.29, 0.717) is 0 Å². The summed E-state index contributed by atoms with van der Waals surface area (Å²) in [5, 5.41) is 25.3. The van der Waals surface area contributed by atoms with E-state index in [1.165, 1.54) is 0 Å². The van der Waals surface area contributed by atoms with Gasteiger partial charge in [-0.25, -0.2) is 15.3 Å².